The Kier molecular flexibility index (Phi) is 8.00. The van der Waals surface area contributed by atoms with E-state index in [1.54, 1.807) is 5.32 Å². The Labute approximate surface area is 229 Å². The highest BCUT2D eigenvalue weighted by Crippen LogP contribution is 2.59. The number of fused-ring (bicyclic) bond motifs is 1. The van der Waals surface area contributed by atoms with E-state index in [0.29, 0.717) is 10.1 Å². The number of hydrogen-bond donors (Lipinski definition) is 1. The highest BCUT2D eigenvalue weighted by molar-refractivity contribution is 14.1. The number of pyridine rings is 1. The second-order valence-corrected chi connectivity index (χ2v) is 11.0. The van der Waals surface area contributed by atoms with Gasteiger partial charge < -0.3 is 10.5 Å². The van der Waals surface area contributed by atoms with Gasteiger partial charge in [0.1, 0.15) is 0 Å². The van der Waals surface area contributed by atoms with Gasteiger partial charge in [-0.3, -0.25) is 4.79 Å². The van der Waals surface area contributed by atoms with Gasteiger partial charge in [0, 0.05) is 32.2 Å². The number of amides is 1. The number of aromatic nitrogens is 1. The maximum atomic E-state index is 15.0. The van der Waals surface area contributed by atoms with E-state index >= 15 is 0 Å². The lowest BCUT2D eigenvalue weighted by molar-refractivity contribution is -0.577. The Hall–Kier alpha value is -2.97. The highest BCUT2D eigenvalue weighted by atomic mass is 127. The molecule has 1 heterocycles. The van der Waals surface area contributed by atoms with Crippen LogP contribution in [0.4, 0.5) is 54.0 Å². The molecule has 0 saturated heterocycles. The molecule has 0 aliphatic rings. The molecule has 19 heteroatoms. The van der Waals surface area contributed by atoms with E-state index < -0.39 is 76.8 Å². The minimum atomic E-state index is -7.23. The molecule has 1 N–H and O–H groups in total. The molecule has 218 valence electrons. The summed E-state index contributed by atoms with van der Waals surface area (Å²) in [5.41, 5.74) is -11.2. The fraction of sp³-hybridized carbons (Fsp3) is 0.238. The minimum Gasteiger partial charge on any atom is -0.618 e. The molecule has 3 aromatic rings. The Bertz CT molecular complexity index is 1590. The zero-order chi connectivity index (χ0) is 30.6. The van der Waals surface area contributed by atoms with E-state index in [4.69, 9.17) is 0 Å². The van der Waals surface area contributed by atoms with Crippen LogP contribution in [-0.2, 0) is 15.5 Å². The molecule has 6 nitrogen and oxygen atoms in total. The first-order valence-electron chi connectivity index (χ1n) is 10.1. The van der Waals surface area contributed by atoms with Gasteiger partial charge in [0.25, 0.3) is 5.91 Å². The second-order valence-electron chi connectivity index (χ2n) is 7.93. The van der Waals surface area contributed by atoms with Crippen LogP contribution in [0.15, 0.2) is 53.6 Å². The van der Waals surface area contributed by atoms with Crippen molar-refractivity contribution < 1.29 is 66.2 Å². The predicted octanol–water partition coefficient (Wildman–Crippen LogP) is 6.25. The summed E-state index contributed by atoms with van der Waals surface area (Å²) in [6.07, 6.45) is -13.2. The summed E-state index contributed by atoms with van der Waals surface area (Å²) in [4.78, 5) is 10.7. The predicted molar refractivity (Wildman–Crippen MR) is 123 cm³/mol. The van der Waals surface area contributed by atoms with E-state index in [1.807, 2.05) is 0 Å². The van der Waals surface area contributed by atoms with Crippen LogP contribution < -0.4 is 10.0 Å². The molecule has 0 saturated carbocycles. The molecule has 0 radical (unpaired) electrons. The lowest BCUT2D eigenvalue weighted by Crippen LogP contribution is -2.59. The summed E-state index contributed by atoms with van der Waals surface area (Å²) < 4.78 is 172. The Balaban J connectivity index is 2.28. The van der Waals surface area contributed by atoms with Crippen molar-refractivity contribution in [2.24, 2.45) is 0 Å². The largest absolute Gasteiger partial charge is 0.618 e. The first kappa shape index (κ1) is 31.6. The van der Waals surface area contributed by atoms with E-state index in [-0.39, 0.29) is 11.6 Å². The third-order valence-corrected chi connectivity index (χ3v) is 7.69. The van der Waals surface area contributed by atoms with Crippen molar-refractivity contribution in [2.45, 2.75) is 34.6 Å². The van der Waals surface area contributed by atoms with Crippen molar-refractivity contribution >= 4 is 54.9 Å². The van der Waals surface area contributed by atoms with Crippen LogP contribution in [0.1, 0.15) is 15.9 Å². The van der Waals surface area contributed by atoms with Gasteiger partial charge in [0.15, 0.2) is 6.20 Å². The van der Waals surface area contributed by atoms with Gasteiger partial charge in [-0.1, -0.05) is 0 Å². The smallest absolute Gasteiger partial charge is 0.457 e. The monoisotopic (exact) mass is 722 g/mol. The number of carbonyl (C=O) groups excluding carboxylic acids is 1. The molecule has 3 rings (SSSR count). The number of halogens is 12. The molecule has 1 amide bonds. The second kappa shape index (κ2) is 10.1. The van der Waals surface area contributed by atoms with Crippen LogP contribution in [0.2, 0.25) is 0 Å². The molecule has 1 aromatic heterocycles. The van der Waals surface area contributed by atoms with Gasteiger partial charge in [0.2, 0.25) is 15.4 Å². The quantitative estimate of drug-likeness (QED) is 0.141. The van der Waals surface area contributed by atoms with E-state index in [9.17, 15) is 66.7 Å². The van der Waals surface area contributed by atoms with E-state index in [0.717, 1.165) is 40.9 Å². The minimum absolute atomic E-state index is 0.123. The van der Waals surface area contributed by atoms with Gasteiger partial charge in [-0.25, -0.2) is 12.8 Å². The van der Waals surface area contributed by atoms with Crippen molar-refractivity contribution in [2.75, 3.05) is 5.32 Å². The fourth-order valence-electron chi connectivity index (χ4n) is 3.45. The maximum absolute atomic E-state index is 15.0. The van der Waals surface area contributed by atoms with Crippen LogP contribution in [0.3, 0.4) is 0 Å². The Morgan fingerprint density at radius 2 is 1.52 bits per heavy atom. The maximum Gasteiger partial charge on any atom is 0.457 e. The lowest BCUT2D eigenvalue weighted by Gasteiger charge is -2.36. The zero-order valence-electron chi connectivity index (χ0n) is 18.7. The van der Waals surface area contributed by atoms with Crippen molar-refractivity contribution in [1.82, 2.24) is 0 Å². The van der Waals surface area contributed by atoms with Crippen LogP contribution >= 0.6 is 22.6 Å². The summed E-state index contributed by atoms with van der Waals surface area (Å²) in [6, 6.07) is 4.93. The number of rotatable bonds is 6. The van der Waals surface area contributed by atoms with Crippen molar-refractivity contribution in [1.29, 1.82) is 0 Å². The average Bonchev–Trinajstić information content (AvgIpc) is 2.82. The molecule has 2 aromatic carbocycles. The molecule has 0 aliphatic carbocycles. The van der Waals surface area contributed by atoms with Gasteiger partial charge in [-0.2, -0.15) is 48.6 Å². The van der Waals surface area contributed by atoms with Gasteiger partial charge in [-0.15, -0.1) is 0 Å². The molecule has 1 atom stereocenters. The van der Waals surface area contributed by atoms with Crippen LogP contribution in [-0.4, -0.2) is 38.4 Å². The number of alkyl halides is 11. The first-order valence-corrected chi connectivity index (χ1v) is 12.7. The number of benzene rings is 2. The van der Waals surface area contributed by atoms with E-state index in [2.05, 4.69) is 0 Å². The Morgan fingerprint density at radius 1 is 0.925 bits per heavy atom. The molecular formula is C21H10F11IN2O4S. The lowest BCUT2D eigenvalue weighted by atomic mass is 9.87. The number of sulfone groups is 1. The number of nitrogens with zero attached hydrogens (tertiary/aromatic N) is 1. The molecule has 0 bridgehead atoms. The third kappa shape index (κ3) is 5.12. The number of carbonyl (C=O) groups is 1. The van der Waals surface area contributed by atoms with Gasteiger partial charge in [-0.05, 0) is 52.9 Å². The standard InChI is InChI=1S/C21H10F11IN2O4S/c22-17(23)40(38,39)14-8-11(18(24,20(27,28)29)19(25,26)21(30,31)32)7-12(33)15(14)34-16(36)10-4-3-9-2-1-5-35(37)13(9)6-10/h1-8,17H,(H,34,36). The molecule has 0 spiro atoms. The fourth-order valence-corrected chi connectivity index (χ4v) is 5.32. The van der Waals surface area contributed by atoms with Crippen molar-refractivity contribution in [3.63, 3.8) is 0 Å². The van der Waals surface area contributed by atoms with Crippen molar-refractivity contribution in [3.05, 3.63) is 68.6 Å². The molecule has 0 aliphatic heterocycles. The summed E-state index contributed by atoms with van der Waals surface area (Å²) in [6.45, 7) is 0. The third-order valence-electron chi connectivity index (χ3n) is 5.44. The summed E-state index contributed by atoms with van der Waals surface area (Å²) >= 11 is 0.826. The van der Waals surface area contributed by atoms with Crippen molar-refractivity contribution in [3.8, 4) is 0 Å². The Morgan fingerprint density at radius 3 is 2.05 bits per heavy atom. The van der Waals surface area contributed by atoms with E-state index in [1.165, 1.54) is 18.2 Å². The average molecular weight is 722 g/mol. The van der Waals surface area contributed by atoms with Crippen LogP contribution in [0.5, 0.6) is 0 Å². The topological polar surface area (TPSA) is 90.2 Å². The van der Waals surface area contributed by atoms with Gasteiger partial charge >= 0.3 is 29.7 Å². The summed E-state index contributed by atoms with van der Waals surface area (Å²) in [7, 11) is -6.18. The van der Waals surface area contributed by atoms with Crippen LogP contribution in [0.25, 0.3) is 10.9 Å². The summed E-state index contributed by atoms with van der Waals surface area (Å²) in [5, 5.41) is 14.0. The number of hydrogen-bond acceptors (Lipinski definition) is 4. The van der Waals surface area contributed by atoms with Gasteiger partial charge in [0.05, 0.1) is 10.6 Å². The number of nitrogens with one attached hydrogen (secondary N) is 1. The van der Waals surface area contributed by atoms with Crippen LogP contribution in [0, 0.1) is 8.78 Å². The molecule has 40 heavy (non-hydrogen) atoms. The highest BCUT2D eigenvalue weighted by Gasteiger charge is 2.81. The summed E-state index contributed by atoms with van der Waals surface area (Å²) in [5.74, 6) is -13.1. The molecular weight excluding hydrogens is 712 g/mol. The zero-order valence-corrected chi connectivity index (χ0v) is 21.7. The SMILES string of the molecule is O=C(Nc1c(I)cc(C(F)(C(F)(F)F)C(F)(F)C(F)(F)F)cc1S(=O)(=O)C(F)F)c1ccc2ccc[n+]([O-])c2c1. The number of anilines is 1. The molecule has 0 fully saturated rings. The first-order chi connectivity index (χ1) is 18.1. The normalized spacial score (nSPS) is 14.8. The molecule has 1 unspecified atom stereocenters.